The molecule has 1 saturated carbocycles. The van der Waals surface area contributed by atoms with Gasteiger partial charge in [0, 0.05) is 43.0 Å². The van der Waals surface area contributed by atoms with E-state index >= 15 is 0 Å². The lowest BCUT2D eigenvalue weighted by Gasteiger charge is -2.28. The van der Waals surface area contributed by atoms with Crippen molar-refractivity contribution in [1.82, 2.24) is 20.0 Å². The number of aliphatic imine (C=N–C) groups is 1. The number of benzene rings is 1. The van der Waals surface area contributed by atoms with Crippen LogP contribution in [-0.4, -0.2) is 54.4 Å². The molecule has 1 spiro atoms. The lowest BCUT2D eigenvalue weighted by atomic mass is 9.81. The number of fused-ring (bicyclic) bond motifs is 2. The SMILES string of the molecule is CCNC(=NCC(c1cnn(C)c1)N(C)C)N1CC2(CCCC2)c2ccccc21.I. The minimum Gasteiger partial charge on any atom is -0.356 e. The summed E-state index contributed by atoms with van der Waals surface area (Å²) in [5, 5.41) is 7.91. The zero-order chi connectivity index (χ0) is 20.4. The number of guanidine groups is 1. The van der Waals surface area contributed by atoms with Gasteiger partial charge in [-0.05, 0) is 45.5 Å². The first-order valence-electron chi connectivity index (χ1n) is 10.8. The van der Waals surface area contributed by atoms with Gasteiger partial charge in [-0.2, -0.15) is 5.10 Å². The molecule has 2 heterocycles. The quantitative estimate of drug-likeness (QED) is 0.367. The lowest BCUT2D eigenvalue weighted by molar-refractivity contribution is 0.306. The lowest BCUT2D eigenvalue weighted by Crippen LogP contribution is -2.44. The van der Waals surface area contributed by atoms with Crippen molar-refractivity contribution in [2.24, 2.45) is 12.0 Å². The van der Waals surface area contributed by atoms with Crippen LogP contribution in [0, 0.1) is 0 Å². The second-order valence-corrected chi connectivity index (χ2v) is 8.71. The summed E-state index contributed by atoms with van der Waals surface area (Å²) in [6.07, 6.45) is 9.28. The van der Waals surface area contributed by atoms with E-state index in [0.29, 0.717) is 12.0 Å². The maximum absolute atomic E-state index is 5.11. The Labute approximate surface area is 197 Å². The summed E-state index contributed by atoms with van der Waals surface area (Å²) < 4.78 is 1.86. The van der Waals surface area contributed by atoms with Gasteiger partial charge in [0.1, 0.15) is 0 Å². The van der Waals surface area contributed by atoms with E-state index in [4.69, 9.17) is 4.99 Å². The van der Waals surface area contributed by atoms with Crippen molar-refractivity contribution in [2.75, 3.05) is 38.6 Å². The fourth-order valence-electron chi connectivity index (χ4n) is 5.05. The number of rotatable bonds is 5. The van der Waals surface area contributed by atoms with Crippen LogP contribution in [0.4, 0.5) is 5.69 Å². The summed E-state index contributed by atoms with van der Waals surface area (Å²) in [6.45, 7) is 4.75. The van der Waals surface area contributed by atoms with Crippen LogP contribution in [0.1, 0.15) is 49.8 Å². The normalized spacial score (nSPS) is 18.6. The van der Waals surface area contributed by atoms with Crippen LogP contribution >= 0.6 is 24.0 Å². The number of anilines is 1. The molecule has 2 aromatic rings. The topological polar surface area (TPSA) is 48.7 Å². The van der Waals surface area contributed by atoms with Crippen molar-refractivity contribution in [3.63, 3.8) is 0 Å². The molecule has 30 heavy (non-hydrogen) atoms. The van der Waals surface area contributed by atoms with Crippen molar-refractivity contribution in [3.05, 3.63) is 47.8 Å². The van der Waals surface area contributed by atoms with Crippen LogP contribution in [0.25, 0.3) is 0 Å². The minimum absolute atomic E-state index is 0. The van der Waals surface area contributed by atoms with Crippen molar-refractivity contribution >= 4 is 35.6 Å². The number of hydrogen-bond donors (Lipinski definition) is 1. The Balaban J connectivity index is 0.00000256. The summed E-state index contributed by atoms with van der Waals surface area (Å²) >= 11 is 0. The van der Waals surface area contributed by atoms with Gasteiger partial charge < -0.3 is 15.1 Å². The third-order valence-corrected chi connectivity index (χ3v) is 6.53. The van der Waals surface area contributed by atoms with Gasteiger partial charge in [0.2, 0.25) is 0 Å². The number of aryl methyl sites for hydroxylation is 1. The van der Waals surface area contributed by atoms with Gasteiger partial charge in [-0.3, -0.25) is 9.67 Å². The first-order chi connectivity index (χ1) is 14.0. The molecule has 1 aliphatic carbocycles. The zero-order valence-electron chi connectivity index (χ0n) is 18.6. The highest BCUT2D eigenvalue weighted by molar-refractivity contribution is 14.0. The molecule has 0 saturated heterocycles. The Hall–Kier alpha value is -1.61. The van der Waals surface area contributed by atoms with Gasteiger partial charge >= 0.3 is 0 Å². The molecule has 1 aliphatic heterocycles. The van der Waals surface area contributed by atoms with E-state index in [9.17, 15) is 0 Å². The highest BCUT2D eigenvalue weighted by Gasteiger charge is 2.45. The predicted octanol–water partition coefficient (Wildman–Crippen LogP) is 3.94. The summed E-state index contributed by atoms with van der Waals surface area (Å²) in [4.78, 5) is 9.76. The van der Waals surface area contributed by atoms with Crippen molar-refractivity contribution < 1.29 is 0 Å². The molecule has 0 radical (unpaired) electrons. The first kappa shape index (κ1) is 23.1. The highest BCUT2D eigenvalue weighted by Crippen LogP contribution is 2.50. The molecule has 1 aromatic heterocycles. The molecule has 0 amide bonds. The van der Waals surface area contributed by atoms with E-state index in [-0.39, 0.29) is 30.0 Å². The molecule has 6 nitrogen and oxygen atoms in total. The van der Waals surface area contributed by atoms with E-state index in [1.165, 1.54) is 42.5 Å². The Morgan fingerprint density at radius 1 is 1.27 bits per heavy atom. The minimum atomic E-state index is 0. The van der Waals surface area contributed by atoms with E-state index in [1.807, 2.05) is 17.9 Å². The van der Waals surface area contributed by atoms with Crippen LogP contribution in [0.15, 0.2) is 41.7 Å². The third kappa shape index (κ3) is 4.37. The number of likely N-dealkylation sites (N-methyl/N-ethyl adjacent to an activating group) is 1. The van der Waals surface area contributed by atoms with Gasteiger partial charge in [0.25, 0.3) is 0 Å². The molecular weight excluding hydrogens is 487 g/mol. The average molecular weight is 522 g/mol. The maximum Gasteiger partial charge on any atom is 0.198 e. The highest BCUT2D eigenvalue weighted by atomic mass is 127. The Morgan fingerprint density at radius 3 is 2.63 bits per heavy atom. The Bertz CT molecular complexity index is 868. The molecule has 1 aromatic carbocycles. The monoisotopic (exact) mass is 522 g/mol. The maximum atomic E-state index is 5.11. The van der Waals surface area contributed by atoms with Gasteiger partial charge in [0.05, 0.1) is 18.8 Å². The second-order valence-electron chi connectivity index (χ2n) is 8.71. The first-order valence-corrected chi connectivity index (χ1v) is 10.8. The predicted molar refractivity (Wildman–Crippen MR) is 135 cm³/mol. The summed E-state index contributed by atoms with van der Waals surface area (Å²) in [7, 11) is 6.18. The number of halogens is 1. The average Bonchev–Trinajstić information content (AvgIpc) is 3.42. The van der Waals surface area contributed by atoms with Crippen LogP contribution in [0.2, 0.25) is 0 Å². The van der Waals surface area contributed by atoms with E-state index in [0.717, 1.165) is 19.0 Å². The molecule has 164 valence electrons. The molecule has 2 aliphatic rings. The van der Waals surface area contributed by atoms with Crippen LogP contribution in [0.5, 0.6) is 0 Å². The van der Waals surface area contributed by atoms with Gasteiger partial charge in [-0.15, -0.1) is 24.0 Å². The van der Waals surface area contributed by atoms with Crippen LogP contribution in [-0.2, 0) is 12.5 Å². The Kier molecular flexibility index (Phi) is 7.44. The molecule has 1 fully saturated rings. The molecule has 1 N–H and O–H groups in total. The Morgan fingerprint density at radius 2 is 2.00 bits per heavy atom. The van der Waals surface area contributed by atoms with E-state index in [1.54, 1.807) is 0 Å². The standard InChI is InChI=1S/C23H34N6.HI/c1-5-24-22(25-15-21(27(2)3)18-14-26-28(4)16-18)29-17-23(12-8-9-13-23)19-10-6-7-11-20(19)29;/h6-7,10-11,14,16,21H,5,8-9,12-13,15,17H2,1-4H3,(H,24,25);1H. The smallest absolute Gasteiger partial charge is 0.198 e. The fraction of sp³-hybridized carbons (Fsp3) is 0.565. The van der Waals surface area contributed by atoms with E-state index < -0.39 is 0 Å². The molecule has 7 heteroatoms. The van der Waals surface area contributed by atoms with Gasteiger partial charge in [-0.25, -0.2) is 0 Å². The summed E-state index contributed by atoms with van der Waals surface area (Å²) in [5.74, 6) is 1.000. The van der Waals surface area contributed by atoms with Crippen molar-refractivity contribution in [1.29, 1.82) is 0 Å². The number of para-hydroxylation sites is 1. The second kappa shape index (κ2) is 9.68. The number of nitrogens with one attached hydrogen (secondary N) is 1. The number of hydrogen-bond acceptors (Lipinski definition) is 3. The fourth-order valence-corrected chi connectivity index (χ4v) is 5.05. The van der Waals surface area contributed by atoms with Gasteiger partial charge in [-0.1, -0.05) is 31.0 Å². The number of aromatic nitrogens is 2. The molecule has 1 unspecified atom stereocenters. The summed E-state index contributed by atoms with van der Waals surface area (Å²) in [6, 6.07) is 9.15. The van der Waals surface area contributed by atoms with E-state index in [2.05, 4.69) is 71.7 Å². The molecular formula is C23H35IN6. The number of nitrogens with zero attached hydrogens (tertiary/aromatic N) is 5. The van der Waals surface area contributed by atoms with Crippen molar-refractivity contribution in [3.8, 4) is 0 Å². The molecule has 4 rings (SSSR count). The summed E-state index contributed by atoms with van der Waals surface area (Å²) in [5.41, 5.74) is 4.35. The zero-order valence-corrected chi connectivity index (χ0v) is 21.0. The van der Waals surface area contributed by atoms with Crippen LogP contribution < -0.4 is 10.2 Å². The van der Waals surface area contributed by atoms with Gasteiger partial charge in [0.15, 0.2) is 5.96 Å². The third-order valence-electron chi connectivity index (χ3n) is 6.53. The molecule has 0 bridgehead atoms. The van der Waals surface area contributed by atoms with Crippen molar-refractivity contribution in [2.45, 2.75) is 44.1 Å². The molecule has 1 atom stereocenters. The van der Waals surface area contributed by atoms with Crippen LogP contribution in [0.3, 0.4) is 0 Å². The largest absolute Gasteiger partial charge is 0.356 e.